The minimum atomic E-state index is -1.35. The smallest absolute Gasteiger partial charge is 0.159 e. The van der Waals surface area contributed by atoms with E-state index in [9.17, 15) is 4.39 Å². The van der Waals surface area contributed by atoms with Crippen molar-refractivity contribution >= 4 is 13.3 Å². The monoisotopic (exact) mass is 246 g/mol. The molecule has 0 amide bonds. The van der Waals surface area contributed by atoms with Gasteiger partial charge in [0.1, 0.15) is 5.82 Å². The van der Waals surface area contributed by atoms with Crippen LogP contribution in [0.3, 0.4) is 0 Å². The fourth-order valence-corrected chi connectivity index (χ4v) is 2.37. The lowest BCUT2D eigenvalue weighted by Gasteiger charge is -2.15. The third-order valence-electron chi connectivity index (χ3n) is 2.62. The fraction of sp³-hybridized carbons (Fsp3) is 0.231. The highest BCUT2D eigenvalue weighted by Gasteiger charge is 2.17. The van der Waals surface area contributed by atoms with E-state index in [1.54, 1.807) is 12.1 Å². The SMILES string of the molecule is C[Si](C)(C)c1cnc(-c2ccc(F)cc2)nc1. The maximum Gasteiger partial charge on any atom is 0.159 e. The molecule has 0 N–H and O–H groups in total. The predicted molar refractivity (Wildman–Crippen MR) is 70.4 cm³/mol. The van der Waals surface area contributed by atoms with Crippen molar-refractivity contribution in [1.29, 1.82) is 0 Å². The van der Waals surface area contributed by atoms with Gasteiger partial charge >= 0.3 is 0 Å². The van der Waals surface area contributed by atoms with Gasteiger partial charge in [-0.25, -0.2) is 14.4 Å². The van der Waals surface area contributed by atoms with E-state index in [-0.39, 0.29) is 5.82 Å². The predicted octanol–water partition coefficient (Wildman–Crippen LogP) is 2.83. The molecule has 0 fully saturated rings. The van der Waals surface area contributed by atoms with E-state index in [2.05, 4.69) is 29.6 Å². The van der Waals surface area contributed by atoms with Crippen LogP contribution in [0.4, 0.5) is 4.39 Å². The molecule has 2 rings (SSSR count). The summed E-state index contributed by atoms with van der Waals surface area (Å²) >= 11 is 0. The molecular formula is C13H15FN2Si. The Balaban J connectivity index is 2.33. The van der Waals surface area contributed by atoms with Crippen LogP contribution in [-0.4, -0.2) is 18.0 Å². The molecule has 0 bridgehead atoms. The number of nitrogens with zero attached hydrogens (tertiary/aromatic N) is 2. The standard InChI is InChI=1S/C13H15FN2Si/c1-17(2,3)12-8-15-13(16-9-12)10-4-6-11(14)7-5-10/h4-9H,1-3H3. The van der Waals surface area contributed by atoms with E-state index in [1.165, 1.54) is 17.3 Å². The van der Waals surface area contributed by atoms with Crippen molar-refractivity contribution in [1.82, 2.24) is 9.97 Å². The molecule has 4 heteroatoms. The Labute approximate surface area is 102 Å². The number of benzene rings is 1. The lowest BCUT2D eigenvalue weighted by Crippen LogP contribution is -2.38. The van der Waals surface area contributed by atoms with Crippen molar-refractivity contribution in [3.8, 4) is 11.4 Å². The second-order valence-electron chi connectivity index (χ2n) is 5.05. The van der Waals surface area contributed by atoms with E-state index in [0.29, 0.717) is 5.82 Å². The third kappa shape index (κ3) is 2.77. The van der Waals surface area contributed by atoms with Gasteiger partial charge in [-0.3, -0.25) is 0 Å². The van der Waals surface area contributed by atoms with Crippen LogP contribution in [0.25, 0.3) is 11.4 Å². The van der Waals surface area contributed by atoms with Crippen LogP contribution < -0.4 is 5.19 Å². The highest BCUT2D eigenvalue weighted by Crippen LogP contribution is 2.14. The normalized spacial score (nSPS) is 11.5. The lowest BCUT2D eigenvalue weighted by atomic mass is 10.2. The molecule has 0 atom stereocenters. The van der Waals surface area contributed by atoms with Gasteiger partial charge in [0.2, 0.25) is 0 Å². The molecule has 0 unspecified atom stereocenters. The van der Waals surface area contributed by atoms with Crippen LogP contribution in [0.5, 0.6) is 0 Å². The highest BCUT2D eigenvalue weighted by molar-refractivity contribution is 6.88. The molecule has 1 aromatic carbocycles. The average Bonchev–Trinajstić information content (AvgIpc) is 2.29. The molecular weight excluding hydrogens is 231 g/mol. The zero-order valence-electron chi connectivity index (χ0n) is 10.2. The maximum atomic E-state index is 12.8. The number of rotatable bonds is 2. The van der Waals surface area contributed by atoms with E-state index < -0.39 is 8.07 Å². The van der Waals surface area contributed by atoms with Gasteiger partial charge in [-0.05, 0) is 29.5 Å². The van der Waals surface area contributed by atoms with Crippen molar-refractivity contribution in [2.45, 2.75) is 19.6 Å². The third-order valence-corrected chi connectivity index (χ3v) is 4.61. The molecule has 2 aromatic rings. The van der Waals surface area contributed by atoms with Crippen LogP contribution in [0, 0.1) is 5.82 Å². The number of hydrogen-bond acceptors (Lipinski definition) is 2. The van der Waals surface area contributed by atoms with E-state index >= 15 is 0 Å². The molecule has 0 aliphatic carbocycles. The summed E-state index contributed by atoms with van der Waals surface area (Å²) in [6.07, 6.45) is 3.77. The van der Waals surface area contributed by atoms with Gasteiger partial charge < -0.3 is 0 Å². The first-order valence-corrected chi connectivity index (χ1v) is 9.05. The molecule has 0 saturated carbocycles. The molecule has 2 nitrogen and oxygen atoms in total. The van der Waals surface area contributed by atoms with Crippen LogP contribution in [0.15, 0.2) is 36.7 Å². The van der Waals surface area contributed by atoms with E-state index in [4.69, 9.17) is 0 Å². The van der Waals surface area contributed by atoms with Crippen LogP contribution in [-0.2, 0) is 0 Å². The van der Waals surface area contributed by atoms with E-state index in [0.717, 1.165) is 5.56 Å². The Morgan fingerprint density at radius 3 is 1.94 bits per heavy atom. The topological polar surface area (TPSA) is 25.8 Å². The van der Waals surface area contributed by atoms with Gasteiger partial charge in [-0.2, -0.15) is 0 Å². The molecule has 0 aliphatic heterocycles. The Bertz CT molecular complexity index is 500. The first-order chi connectivity index (χ1) is 7.97. The first-order valence-electron chi connectivity index (χ1n) is 5.55. The van der Waals surface area contributed by atoms with Gasteiger partial charge in [0.15, 0.2) is 5.82 Å². The summed E-state index contributed by atoms with van der Waals surface area (Å²) in [4.78, 5) is 8.69. The number of hydrogen-bond donors (Lipinski definition) is 0. The minimum Gasteiger partial charge on any atom is -0.237 e. The molecule has 88 valence electrons. The van der Waals surface area contributed by atoms with E-state index in [1.807, 2.05) is 12.4 Å². The van der Waals surface area contributed by atoms with Gasteiger partial charge in [-0.15, -0.1) is 0 Å². The maximum absolute atomic E-state index is 12.8. The Kier molecular flexibility index (Phi) is 3.06. The zero-order valence-corrected chi connectivity index (χ0v) is 11.2. The number of aromatic nitrogens is 2. The van der Waals surface area contributed by atoms with Crippen molar-refractivity contribution < 1.29 is 4.39 Å². The molecule has 17 heavy (non-hydrogen) atoms. The Morgan fingerprint density at radius 2 is 1.47 bits per heavy atom. The molecule has 1 aromatic heterocycles. The summed E-state index contributed by atoms with van der Waals surface area (Å²) < 4.78 is 12.8. The van der Waals surface area contributed by atoms with Crippen LogP contribution in [0.1, 0.15) is 0 Å². The van der Waals surface area contributed by atoms with Crippen molar-refractivity contribution in [3.63, 3.8) is 0 Å². The molecule has 0 aliphatic rings. The van der Waals surface area contributed by atoms with Crippen LogP contribution >= 0.6 is 0 Å². The molecule has 0 radical (unpaired) electrons. The second kappa shape index (κ2) is 4.37. The summed E-state index contributed by atoms with van der Waals surface area (Å²) in [5.74, 6) is 0.402. The van der Waals surface area contributed by atoms with Gasteiger partial charge in [0.05, 0.1) is 8.07 Å². The van der Waals surface area contributed by atoms with Gasteiger partial charge in [-0.1, -0.05) is 19.6 Å². The molecule has 1 heterocycles. The minimum absolute atomic E-state index is 0.243. The molecule has 0 spiro atoms. The summed E-state index contributed by atoms with van der Waals surface area (Å²) in [6, 6.07) is 6.23. The summed E-state index contributed by atoms with van der Waals surface area (Å²) in [6.45, 7) is 6.76. The second-order valence-corrected chi connectivity index (χ2v) is 10.1. The average molecular weight is 246 g/mol. The van der Waals surface area contributed by atoms with Gasteiger partial charge in [0.25, 0.3) is 0 Å². The lowest BCUT2D eigenvalue weighted by molar-refractivity contribution is 0.628. The summed E-state index contributed by atoms with van der Waals surface area (Å²) in [5, 5.41) is 1.23. The van der Waals surface area contributed by atoms with Crippen LogP contribution in [0.2, 0.25) is 19.6 Å². The Morgan fingerprint density at radius 1 is 0.941 bits per heavy atom. The zero-order chi connectivity index (χ0) is 12.5. The van der Waals surface area contributed by atoms with Crippen molar-refractivity contribution in [2.75, 3.05) is 0 Å². The summed E-state index contributed by atoms with van der Waals surface area (Å²) in [5.41, 5.74) is 0.841. The van der Waals surface area contributed by atoms with Crippen molar-refractivity contribution in [3.05, 3.63) is 42.5 Å². The Hall–Kier alpha value is -1.55. The largest absolute Gasteiger partial charge is 0.237 e. The summed E-state index contributed by atoms with van der Waals surface area (Å²) in [7, 11) is -1.35. The highest BCUT2D eigenvalue weighted by atomic mass is 28.3. The fourth-order valence-electron chi connectivity index (χ4n) is 1.46. The first kappa shape index (κ1) is 11.9. The quantitative estimate of drug-likeness (QED) is 0.761. The van der Waals surface area contributed by atoms with Crippen molar-refractivity contribution in [2.24, 2.45) is 0 Å². The molecule has 0 saturated heterocycles. The number of halogens is 1. The van der Waals surface area contributed by atoms with Gasteiger partial charge in [0, 0.05) is 18.0 Å².